The molecule has 1 aromatic rings. The molecule has 6 heteroatoms. The Bertz CT molecular complexity index is 493. The van der Waals surface area contributed by atoms with Crippen molar-refractivity contribution in [2.24, 2.45) is 0 Å². The van der Waals surface area contributed by atoms with Crippen LogP contribution in [0.3, 0.4) is 0 Å². The second kappa shape index (κ2) is 4.85. The third kappa shape index (κ3) is 4.16. The summed E-state index contributed by atoms with van der Waals surface area (Å²) in [5.41, 5.74) is -0.894. The standard InChI is InChI=1S/C11H15NO4S/c1-11(2,10(13)14)12-17(15,16)8-9-6-4-3-5-7-9/h3-7,12H,8H2,1-2H3,(H,13,14). The predicted molar refractivity (Wildman–Crippen MR) is 63.9 cm³/mol. The van der Waals surface area contributed by atoms with Gasteiger partial charge in [0.05, 0.1) is 5.75 Å². The Hall–Kier alpha value is -1.40. The van der Waals surface area contributed by atoms with Crippen molar-refractivity contribution < 1.29 is 18.3 Å². The van der Waals surface area contributed by atoms with Gasteiger partial charge in [-0.1, -0.05) is 30.3 Å². The quantitative estimate of drug-likeness (QED) is 0.823. The molecule has 0 fully saturated rings. The van der Waals surface area contributed by atoms with Gasteiger partial charge in [-0.05, 0) is 19.4 Å². The van der Waals surface area contributed by atoms with Gasteiger partial charge in [0.1, 0.15) is 5.54 Å². The fourth-order valence-electron chi connectivity index (χ4n) is 1.26. The molecule has 0 aliphatic heterocycles. The smallest absolute Gasteiger partial charge is 0.324 e. The number of carboxylic acid groups (broad SMARTS) is 1. The van der Waals surface area contributed by atoms with Gasteiger partial charge >= 0.3 is 5.97 Å². The van der Waals surface area contributed by atoms with Gasteiger partial charge in [-0.3, -0.25) is 4.79 Å². The molecule has 0 unspecified atom stereocenters. The number of nitrogens with one attached hydrogen (secondary N) is 1. The highest BCUT2D eigenvalue weighted by molar-refractivity contribution is 7.88. The first-order valence-electron chi connectivity index (χ1n) is 5.02. The topological polar surface area (TPSA) is 83.5 Å². The number of aliphatic carboxylic acids is 1. The van der Waals surface area contributed by atoms with E-state index in [1.165, 1.54) is 13.8 Å². The van der Waals surface area contributed by atoms with E-state index in [1.807, 2.05) is 0 Å². The molecule has 0 bridgehead atoms. The van der Waals surface area contributed by atoms with Crippen LogP contribution in [0.15, 0.2) is 30.3 Å². The fraction of sp³-hybridized carbons (Fsp3) is 0.364. The first kappa shape index (κ1) is 13.7. The molecule has 0 amide bonds. The zero-order valence-electron chi connectivity index (χ0n) is 9.67. The van der Waals surface area contributed by atoms with Crippen molar-refractivity contribution >= 4 is 16.0 Å². The molecule has 0 aliphatic rings. The highest BCUT2D eigenvalue weighted by Crippen LogP contribution is 2.09. The molecule has 0 saturated carbocycles. The molecular formula is C11H15NO4S. The van der Waals surface area contributed by atoms with E-state index in [0.717, 1.165) is 0 Å². The van der Waals surface area contributed by atoms with E-state index in [0.29, 0.717) is 5.56 Å². The molecule has 1 aromatic carbocycles. The van der Waals surface area contributed by atoms with E-state index < -0.39 is 21.5 Å². The Morgan fingerprint density at radius 3 is 2.29 bits per heavy atom. The number of carboxylic acids is 1. The minimum absolute atomic E-state index is 0.232. The number of benzene rings is 1. The zero-order chi connectivity index (χ0) is 13.1. The summed E-state index contributed by atoms with van der Waals surface area (Å²) < 4.78 is 25.6. The van der Waals surface area contributed by atoms with Crippen LogP contribution in [-0.4, -0.2) is 25.0 Å². The summed E-state index contributed by atoms with van der Waals surface area (Å²) in [6.45, 7) is 2.61. The zero-order valence-corrected chi connectivity index (χ0v) is 10.5. The summed E-state index contributed by atoms with van der Waals surface area (Å²) >= 11 is 0. The Morgan fingerprint density at radius 1 is 1.29 bits per heavy atom. The van der Waals surface area contributed by atoms with Crippen molar-refractivity contribution in [1.82, 2.24) is 4.72 Å². The van der Waals surface area contributed by atoms with Crippen LogP contribution < -0.4 is 4.72 Å². The SMILES string of the molecule is CC(C)(NS(=O)(=O)Cc1ccccc1)C(=O)O. The number of sulfonamides is 1. The molecule has 0 aromatic heterocycles. The highest BCUT2D eigenvalue weighted by Gasteiger charge is 2.32. The van der Waals surface area contributed by atoms with Crippen molar-refractivity contribution in [2.75, 3.05) is 0 Å². The highest BCUT2D eigenvalue weighted by atomic mass is 32.2. The summed E-state index contributed by atoms with van der Waals surface area (Å²) in [5.74, 6) is -1.45. The second-order valence-electron chi connectivity index (χ2n) is 4.28. The van der Waals surface area contributed by atoms with Crippen LogP contribution in [0, 0.1) is 0 Å². The maximum Gasteiger partial charge on any atom is 0.324 e. The minimum Gasteiger partial charge on any atom is -0.480 e. The summed E-state index contributed by atoms with van der Waals surface area (Å²) in [6, 6.07) is 8.59. The predicted octanol–water partition coefficient (Wildman–Crippen LogP) is 0.969. The lowest BCUT2D eigenvalue weighted by Gasteiger charge is -2.20. The van der Waals surface area contributed by atoms with Crippen LogP contribution in [0.25, 0.3) is 0 Å². The van der Waals surface area contributed by atoms with Gasteiger partial charge in [0.15, 0.2) is 0 Å². The lowest BCUT2D eigenvalue weighted by atomic mass is 10.1. The molecule has 5 nitrogen and oxygen atoms in total. The Labute approximate surface area is 101 Å². The minimum atomic E-state index is -3.67. The van der Waals surface area contributed by atoms with E-state index in [4.69, 9.17) is 5.11 Å². The van der Waals surface area contributed by atoms with Crippen molar-refractivity contribution in [3.05, 3.63) is 35.9 Å². The van der Waals surface area contributed by atoms with Crippen LogP contribution in [0.4, 0.5) is 0 Å². The Balaban J connectivity index is 2.81. The largest absolute Gasteiger partial charge is 0.480 e. The Kier molecular flexibility index (Phi) is 3.90. The van der Waals surface area contributed by atoms with Crippen LogP contribution in [0.2, 0.25) is 0 Å². The summed E-state index contributed by atoms with van der Waals surface area (Å²) in [5, 5.41) is 8.84. The first-order chi connectivity index (χ1) is 7.73. The molecule has 0 spiro atoms. The lowest BCUT2D eigenvalue weighted by Crippen LogP contribution is -2.49. The van der Waals surface area contributed by atoms with E-state index in [9.17, 15) is 13.2 Å². The summed E-state index contributed by atoms with van der Waals surface area (Å²) in [4.78, 5) is 10.8. The van der Waals surface area contributed by atoms with Gasteiger partial charge in [0.2, 0.25) is 10.0 Å². The van der Waals surface area contributed by atoms with Crippen molar-refractivity contribution in [2.45, 2.75) is 25.1 Å². The Morgan fingerprint density at radius 2 is 1.82 bits per heavy atom. The maximum atomic E-state index is 11.7. The van der Waals surface area contributed by atoms with Gasteiger partial charge in [-0.25, -0.2) is 8.42 Å². The van der Waals surface area contributed by atoms with Crippen molar-refractivity contribution in [3.63, 3.8) is 0 Å². The molecule has 0 saturated heterocycles. The molecule has 94 valence electrons. The normalized spacial score (nSPS) is 12.4. The van der Waals surface area contributed by atoms with Crippen LogP contribution in [0.5, 0.6) is 0 Å². The second-order valence-corrected chi connectivity index (χ2v) is 6.00. The van der Waals surface area contributed by atoms with Gasteiger partial charge in [0, 0.05) is 0 Å². The van der Waals surface area contributed by atoms with E-state index >= 15 is 0 Å². The van der Waals surface area contributed by atoms with Crippen molar-refractivity contribution in [3.8, 4) is 0 Å². The summed E-state index contributed by atoms with van der Waals surface area (Å²) in [7, 11) is -3.67. The fourth-order valence-corrected chi connectivity index (χ4v) is 2.83. The number of hydrogen-bond donors (Lipinski definition) is 2. The van der Waals surface area contributed by atoms with Gasteiger partial charge in [0.25, 0.3) is 0 Å². The molecule has 2 N–H and O–H groups in total. The van der Waals surface area contributed by atoms with Gasteiger partial charge in [-0.2, -0.15) is 4.72 Å². The average Bonchev–Trinajstić information content (AvgIpc) is 2.16. The van der Waals surface area contributed by atoms with Crippen LogP contribution >= 0.6 is 0 Å². The third-order valence-corrected chi connectivity index (χ3v) is 3.68. The van der Waals surface area contributed by atoms with E-state index in [2.05, 4.69) is 4.72 Å². The first-order valence-corrected chi connectivity index (χ1v) is 6.67. The number of carbonyl (C=O) groups is 1. The average molecular weight is 257 g/mol. The maximum absolute atomic E-state index is 11.7. The molecule has 0 heterocycles. The molecule has 0 atom stereocenters. The molecule has 17 heavy (non-hydrogen) atoms. The molecule has 0 aliphatic carbocycles. The van der Waals surface area contributed by atoms with Crippen molar-refractivity contribution in [1.29, 1.82) is 0 Å². The van der Waals surface area contributed by atoms with Crippen LogP contribution in [0.1, 0.15) is 19.4 Å². The monoisotopic (exact) mass is 257 g/mol. The molecule has 0 radical (unpaired) electrons. The molecular weight excluding hydrogens is 242 g/mol. The van der Waals surface area contributed by atoms with E-state index in [-0.39, 0.29) is 5.75 Å². The van der Waals surface area contributed by atoms with Gasteiger partial charge in [-0.15, -0.1) is 0 Å². The number of hydrogen-bond acceptors (Lipinski definition) is 3. The molecule has 1 rings (SSSR count). The third-order valence-electron chi connectivity index (χ3n) is 2.14. The van der Waals surface area contributed by atoms with Crippen LogP contribution in [-0.2, 0) is 20.6 Å². The lowest BCUT2D eigenvalue weighted by molar-refractivity contribution is -0.142. The number of rotatable bonds is 5. The van der Waals surface area contributed by atoms with E-state index in [1.54, 1.807) is 30.3 Å². The van der Waals surface area contributed by atoms with Gasteiger partial charge < -0.3 is 5.11 Å². The summed E-state index contributed by atoms with van der Waals surface area (Å²) in [6.07, 6.45) is 0.